The molecule has 1 aliphatic heterocycles. The molecule has 0 aromatic heterocycles. The molecular formula is C14H19ClFNO2. The van der Waals surface area contributed by atoms with Gasteiger partial charge in [-0.3, -0.25) is 0 Å². The normalized spacial score (nSPS) is 20.2. The van der Waals surface area contributed by atoms with Crippen LogP contribution in [-0.4, -0.2) is 30.5 Å². The summed E-state index contributed by atoms with van der Waals surface area (Å²) in [5.74, 6) is -0.419. The van der Waals surface area contributed by atoms with Gasteiger partial charge in [-0.2, -0.15) is 0 Å². The van der Waals surface area contributed by atoms with Crippen molar-refractivity contribution in [1.82, 2.24) is 5.32 Å². The Labute approximate surface area is 117 Å². The summed E-state index contributed by atoms with van der Waals surface area (Å²) in [5.41, 5.74) is 0.0925. The van der Waals surface area contributed by atoms with Gasteiger partial charge in [0.05, 0.1) is 10.6 Å². The summed E-state index contributed by atoms with van der Waals surface area (Å²) in [4.78, 5) is 0. The van der Waals surface area contributed by atoms with E-state index in [4.69, 9.17) is 16.3 Å². The van der Waals surface area contributed by atoms with Crippen LogP contribution >= 0.6 is 11.6 Å². The highest BCUT2D eigenvalue weighted by atomic mass is 35.5. The fraction of sp³-hybridized carbons (Fsp3) is 0.571. The number of halogens is 2. The molecular weight excluding hydrogens is 269 g/mol. The molecule has 1 unspecified atom stereocenters. The van der Waals surface area contributed by atoms with Crippen LogP contribution in [0, 0.1) is 5.82 Å². The molecule has 0 spiro atoms. The van der Waals surface area contributed by atoms with E-state index in [1.807, 2.05) is 6.92 Å². The fourth-order valence-corrected chi connectivity index (χ4v) is 2.29. The van der Waals surface area contributed by atoms with Gasteiger partial charge < -0.3 is 15.2 Å². The molecule has 1 aliphatic rings. The van der Waals surface area contributed by atoms with Crippen molar-refractivity contribution in [3.8, 4) is 0 Å². The minimum absolute atomic E-state index is 0.0429. The number of aliphatic hydroxyl groups is 1. The lowest BCUT2D eigenvalue weighted by molar-refractivity contribution is -0.0626. The van der Waals surface area contributed by atoms with E-state index in [-0.39, 0.29) is 11.1 Å². The van der Waals surface area contributed by atoms with E-state index < -0.39 is 11.4 Å². The van der Waals surface area contributed by atoms with Crippen molar-refractivity contribution in [3.05, 3.63) is 34.6 Å². The standard InChI is InChI=1S/C14H19ClFNO2/c1-10(11-2-3-12(15)13(16)8-11)17-9-14(18)4-6-19-7-5-14/h2-3,8,10,17-18H,4-7,9H2,1H3. The fourth-order valence-electron chi connectivity index (χ4n) is 2.17. The maximum Gasteiger partial charge on any atom is 0.142 e. The Bertz CT molecular complexity index is 435. The molecule has 0 saturated carbocycles. The van der Waals surface area contributed by atoms with Gasteiger partial charge in [-0.15, -0.1) is 0 Å². The van der Waals surface area contributed by atoms with E-state index in [0.717, 1.165) is 5.56 Å². The van der Waals surface area contributed by atoms with E-state index in [0.29, 0.717) is 32.6 Å². The summed E-state index contributed by atoms with van der Waals surface area (Å²) in [5, 5.41) is 13.7. The van der Waals surface area contributed by atoms with Crippen molar-refractivity contribution < 1.29 is 14.2 Å². The maximum atomic E-state index is 13.4. The zero-order valence-electron chi connectivity index (χ0n) is 11.0. The predicted molar refractivity (Wildman–Crippen MR) is 72.8 cm³/mol. The molecule has 19 heavy (non-hydrogen) atoms. The molecule has 2 rings (SSSR count). The van der Waals surface area contributed by atoms with Gasteiger partial charge >= 0.3 is 0 Å². The average Bonchev–Trinajstić information content (AvgIpc) is 2.40. The smallest absolute Gasteiger partial charge is 0.142 e. The zero-order chi connectivity index (χ0) is 13.9. The molecule has 0 aliphatic carbocycles. The second-order valence-corrected chi connectivity index (χ2v) is 5.52. The van der Waals surface area contributed by atoms with Crippen LogP contribution in [0.3, 0.4) is 0 Å². The van der Waals surface area contributed by atoms with Crippen LogP contribution < -0.4 is 5.32 Å². The Hall–Kier alpha value is -0.680. The summed E-state index contributed by atoms with van der Waals surface area (Å²) >= 11 is 5.66. The SMILES string of the molecule is CC(NCC1(O)CCOCC1)c1ccc(Cl)c(F)c1. The van der Waals surface area contributed by atoms with Crippen molar-refractivity contribution in [2.24, 2.45) is 0 Å². The van der Waals surface area contributed by atoms with Gasteiger partial charge in [-0.1, -0.05) is 17.7 Å². The lowest BCUT2D eigenvalue weighted by Gasteiger charge is -2.33. The second kappa shape index (κ2) is 6.18. The van der Waals surface area contributed by atoms with Gasteiger partial charge in [0.25, 0.3) is 0 Å². The van der Waals surface area contributed by atoms with Crippen LogP contribution in [0.15, 0.2) is 18.2 Å². The van der Waals surface area contributed by atoms with Crippen LogP contribution in [0.2, 0.25) is 5.02 Å². The molecule has 1 fully saturated rings. The third-order valence-electron chi connectivity index (χ3n) is 3.60. The summed E-state index contributed by atoms with van der Waals surface area (Å²) in [7, 11) is 0. The Morgan fingerprint density at radius 3 is 2.79 bits per heavy atom. The van der Waals surface area contributed by atoms with Gasteiger partial charge in [0.1, 0.15) is 5.82 Å². The van der Waals surface area contributed by atoms with Crippen LogP contribution in [0.25, 0.3) is 0 Å². The molecule has 0 radical (unpaired) electrons. The van der Waals surface area contributed by atoms with E-state index >= 15 is 0 Å². The number of ether oxygens (including phenoxy) is 1. The molecule has 1 aromatic rings. The Morgan fingerprint density at radius 1 is 1.47 bits per heavy atom. The first kappa shape index (κ1) is 14.7. The van der Waals surface area contributed by atoms with Gasteiger partial charge in [0.2, 0.25) is 0 Å². The topological polar surface area (TPSA) is 41.5 Å². The van der Waals surface area contributed by atoms with Crippen LogP contribution in [0.5, 0.6) is 0 Å². The molecule has 0 bridgehead atoms. The summed E-state index contributed by atoms with van der Waals surface area (Å²) in [6.07, 6.45) is 1.25. The van der Waals surface area contributed by atoms with Crippen LogP contribution in [-0.2, 0) is 4.74 Å². The maximum absolute atomic E-state index is 13.4. The van der Waals surface area contributed by atoms with Crippen molar-refractivity contribution in [1.29, 1.82) is 0 Å². The predicted octanol–water partition coefficient (Wildman–Crippen LogP) is 2.67. The van der Waals surface area contributed by atoms with Gasteiger partial charge in [-0.05, 0) is 24.6 Å². The molecule has 0 amide bonds. The van der Waals surface area contributed by atoms with Crippen molar-refractivity contribution in [2.45, 2.75) is 31.4 Å². The van der Waals surface area contributed by atoms with Gasteiger partial charge in [0, 0.05) is 38.6 Å². The highest BCUT2D eigenvalue weighted by Crippen LogP contribution is 2.23. The largest absolute Gasteiger partial charge is 0.388 e. The molecule has 1 heterocycles. The highest BCUT2D eigenvalue weighted by molar-refractivity contribution is 6.30. The average molecular weight is 288 g/mol. The minimum atomic E-state index is -0.725. The summed E-state index contributed by atoms with van der Waals surface area (Å²) in [6.45, 7) is 3.58. The third kappa shape index (κ3) is 3.89. The van der Waals surface area contributed by atoms with Crippen molar-refractivity contribution in [3.63, 3.8) is 0 Å². The minimum Gasteiger partial charge on any atom is -0.388 e. The number of hydrogen-bond donors (Lipinski definition) is 2. The van der Waals surface area contributed by atoms with Crippen molar-refractivity contribution >= 4 is 11.6 Å². The molecule has 1 aromatic carbocycles. The van der Waals surface area contributed by atoms with E-state index in [2.05, 4.69) is 5.32 Å². The monoisotopic (exact) mass is 287 g/mol. The Morgan fingerprint density at radius 2 is 2.16 bits per heavy atom. The molecule has 106 valence electrons. The number of rotatable bonds is 4. The molecule has 3 nitrogen and oxygen atoms in total. The number of hydrogen-bond acceptors (Lipinski definition) is 3. The summed E-state index contributed by atoms with van der Waals surface area (Å²) in [6, 6.07) is 4.72. The van der Waals surface area contributed by atoms with E-state index in [9.17, 15) is 9.50 Å². The number of benzene rings is 1. The van der Waals surface area contributed by atoms with Crippen LogP contribution in [0.1, 0.15) is 31.4 Å². The third-order valence-corrected chi connectivity index (χ3v) is 3.91. The Balaban J connectivity index is 1.93. The first-order valence-electron chi connectivity index (χ1n) is 6.49. The first-order valence-corrected chi connectivity index (χ1v) is 6.86. The zero-order valence-corrected chi connectivity index (χ0v) is 11.7. The van der Waals surface area contributed by atoms with Crippen molar-refractivity contribution in [2.75, 3.05) is 19.8 Å². The molecule has 2 N–H and O–H groups in total. The molecule has 1 saturated heterocycles. The number of nitrogens with one attached hydrogen (secondary N) is 1. The second-order valence-electron chi connectivity index (χ2n) is 5.11. The van der Waals surface area contributed by atoms with Crippen LogP contribution in [0.4, 0.5) is 4.39 Å². The molecule has 5 heteroatoms. The van der Waals surface area contributed by atoms with E-state index in [1.165, 1.54) is 6.07 Å². The summed E-state index contributed by atoms with van der Waals surface area (Å²) < 4.78 is 18.6. The molecule has 1 atom stereocenters. The van der Waals surface area contributed by atoms with Gasteiger partial charge in [0.15, 0.2) is 0 Å². The quantitative estimate of drug-likeness (QED) is 0.895. The highest BCUT2D eigenvalue weighted by Gasteiger charge is 2.29. The van der Waals surface area contributed by atoms with E-state index in [1.54, 1.807) is 12.1 Å². The lowest BCUT2D eigenvalue weighted by Crippen LogP contribution is -2.45. The van der Waals surface area contributed by atoms with Gasteiger partial charge in [-0.25, -0.2) is 4.39 Å². The Kier molecular flexibility index (Phi) is 4.79. The first-order chi connectivity index (χ1) is 9.00. The lowest BCUT2D eigenvalue weighted by atomic mass is 9.94.